The largest absolute Gasteiger partial charge is 0.459 e. The Labute approximate surface area is 250 Å². The van der Waals surface area contributed by atoms with Crippen molar-refractivity contribution in [1.29, 1.82) is 0 Å². The van der Waals surface area contributed by atoms with Crippen molar-refractivity contribution in [2.75, 3.05) is 0 Å². The maximum atomic E-state index is 13.0. The summed E-state index contributed by atoms with van der Waals surface area (Å²) in [5.74, 6) is -5.53. The highest BCUT2D eigenvalue weighted by atomic mass is 16.6. The second-order valence-electron chi connectivity index (χ2n) is 12.4. The van der Waals surface area contributed by atoms with Crippen LogP contribution < -0.4 is 0 Å². The Bertz CT molecular complexity index is 1170. The summed E-state index contributed by atoms with van der Waals surface area (Å²) < 4.78 is 22.3. The van der Waals surface area contributed by atoms with E-state index in [4.69, 9.17) is 18.9 Å². The Morgan fingerprint density at radius 3 is 2.09 bits per heavy atom. The fraction of sp³-hybridized carbons (Fsp3) is 0.733. The fourth-order valence-electron chi connectivity index (χ4n) is 6.65. The van der Waals surface area contributed by atoms with E-state index in [0.29, 0.717) is 6.42 Å². The molecule has 0 saturated carbocycles. The Balaban J connectivity index is 2.41. The molecule has 1 fully saturated rings. The van der Waals surface area contributed by atoms with E-state index >= 15 is 0 Å². The molecule has 1 heterocycles. The molecule has 0 spiro atoms. The summed E-state index contributed by atoms with van der Waals surface area (Å²) >= 11 is 0. The van der Waals surface area contributed by atoms with Gasteiger partial charge in [0.1, 0.15) is 24.4 Å². The van der Waals surface area contributed by atoms with Crippen LogP contribution in [0.15, 0.2) is 23.8 Å². The van der Waals surface area contributed by atoms with Crippen LogP contribution in [-0.4, -0.2) is 103 Å². The van der Waals surface area contributed by atoms with Crippen molar-refractivity contribution in [3.05, 3.63) is 23.8 Å². The summed E-state index contributed by atoms with van der Waals surface area (Å²) in [5, 5.41) is 58.4. The molecule has 13 nitrogen and oxygen atoms in total. The van der Waals surface area contributed by atoms with Crippen LogP contribution in [0, 0.1) is 11.3 Å². The van der Waals surface area contributed by atoms with Crippen LogP contribution in [0.4, 0.5) is 0 Å². The average molecular weight is 613 g/mol. The third kappa shape index (κ3) is 5.97. The molecule has 11 atom stereocenters. The average Bonchev–Trinajstić information content (AvgIpc) is 3.06. The number of fused-ring (bicyclic) bond motifs is 2. The SMILES string of the molecule is CCCCCC(=O)OC1/C(C)=C\C2OC(=O)[C@@](C)(O)C2(O)C(OC(C)=O)C2[C@](C)(O)C(O)C=C[C@]2(C)C(OC(C)=O)C1O. The van der Waals surface area contributed by atoms with Gasteiger partial charge in [0.2, 0.25) is 0 Å². The van der Waals surface area contributed by atoms with Crippen LogP contribution in [0.1, 0.15) is 74.1 Å². The van der Waals surface area contributed by atoms with Gasteiger partial charge in [-0.2, -0.15) is 0 Å². The molecule has 2 aliphatic carbocycles. The third-order valence-corrected chi connectivity index (χ3v) is 9.04. The molecule has 0 bridgehead atoms. The number of unbranched alkanes of at least 4 members (excludes halogenated alkanes) is 2. The second-order valence-corrected chi connectivity index (χ2v) is 12.4. The number of carbonyl (C=O) groups is 4. The van der Waals surface area contributed by atoms with Crippen molar-refractivity contribution in [3.63, 3.8) is 0 Å². The van der Waals surface area contributed by atoms with E-state index in [1.165, 1.54) is 32.9 Å². The summed E-state index contributed by atoms with van der Waals surface area (Å²) in [5.41, 5.74) is -9.65. The molecular weight excluding hydrogens is 568 g/mol. The van der Waals surface area contributed by atoms with E-state index < -0.39 is 88.6 Å². The molecule has 1 aliphatic heterocycles. The monoisotopic (exact) mass is 612 g/mol. The number of rotatable bonds is 7. The van der Waals surface area contributed by atoms with E-state index in [2.05, 4.69) is 0 Å². The Morgan fingerprint density at radius 2 is 1.53 bits per heavy atom. The third-order valence-electron chi connectivity index (χ3n) is 9.04. The van der Waals surface area contributed by atoms with Gasteiger partial charge in [-0.05, 0) is 38.8 Å². The van der Waals surface area contributed by atoms with E-state index in [0.717, 1.165) is 39.7 Å². The summed E-state index contributed by atoms with van der Waals surface area (Å²) in [6, 6.07) is 0. The quantitative estimate of drug-likeness (QED) is 0.114. The van der Waals surface area contributed by atoms with Gasteiger partial charge in [-0.3, -0.25) is 14.4 Å². The van der Waals surface area contributed by atoms with Crippen molar-refractivity contribution >= 4 is 23.9 Å². The number of carbonyl (C=O) groups excluding carboxylic acids is 4. The van der Waals surface area contributed by atoms with Crippen LogP contribution in [-0.2, 0) is 38.1 Å². The van der Waals surface area contributed by atoms with Crippen molar-refractivity contribution in [2.45, 2.75) is 128 Å². The highest BCUT2D eigenvalue weighted by Gasteiger charge is 2.74. The zero-order valence-corrected chi connectivity index (χ0v) is 25.6. The van der Waals surface area contributed by atoms with E-state index in [1.807, 2.05) is 6.92 Å². The minimum absolute atomic E-state index is 0.00879. The summed E-state index contributed by atoms with van der Waals surface area (Å²) in [6.45, 7) is 8.96. The molecule has 0 aromatic carbocycles. The Hall–Kier alpha value is -2.84. The molecule has 242 valence electrons. The van der Waals surface area contributed by atoms with Crippen molar-refractivity contribution in [2.24, 2.45) is 11.3 Å². The zero-order chi connectivity index (χ0) is 32.7. The predicted octanol–water partition coefficient (Wildman–Crippen LogP) is 0.374. The predicted molar refractivity (Wildman–Crippen MR) is 148 cm³/mol. The first-order valence-corrected chi connectivity index (χ1v) is 14.4. The van der Waals surface area contributed by atoms with E-state index in [1.54, 1.807) is 0 Å². The zero-order valence-electron chi connectivity index (χ0n) is 25.6. The van der Waals surface area contributed by atoms with Gasteiger partial charge in [-0.25, -0.2) is 4.79 Å². The van der Waals surface area contributed by atoms with Crippen molar-refractivity contribution < 1.29 is 63.7 Å². The van der Waals surface area contributed by atoms with Gasteiger partial charge in [0.15, 0.2) is 23.4 Å². The molecule has 0 radical (unpaired) electrons. The van der Waals surface area contributed by atoms with Gasteiger partial charge in [-0.15, -0.1) is 0 Å². The van der Waals surface area contributed by atoms with Crippen LogP contribution in [0.25, 0.3) is 0 Å². The van der Waals surface area contributed by atoms with Crippen molar-refractivity contribution in [3.8, 4) is 0 Å². The summed E-state index contributed by atoms with van der Waals surface area (Å²) in [6.07, 6.45) is -4.72. The molecule has 0 aromatic rings. The lowest BCUT2D eigenvalue weighted by molar-refractivity contribution is -0.263. The molecule has 13 heteroatoms. The lowest BCUT2D eigenvalue weighted by Crippen LogP contribution is -2.74. The van der Waals surface area contributed by atoms with Gasteiger partial charge in [0, 0.05) is 31.6 Å². The lowest BCUT2D eigenvalue weighted by Gasteiger charge is -2.57. The molecule has 0 amide bonds. The van der Waals surface area contributed by atoms with E-state index in [-0.39, 0.29) is 12.0 Å². The van der Waals surface area contributed by atoms with Crippen LogP contribution in [0.5, 0.6) is 0 Å². The molecule has 3 rings (SSSR count). The maximum absolute atomic E-state index is 13.0. The van der Waals surface area contributed by atoms with Crippen LogP contribution >= 0.6 is 0 Å². The number of aliphatic hydroxyl groups is 5. The molecule has 8 unspecified atom stereocenters. The minimum atomic E-state index is -2.82. The molecule has 0 aromatic heterocycles. The Kier molecular flexibility index (Phi) is 9.89. The molecular formula is C30H44O13. The number of hydrogen-bond acceptors (Lipinski definition) is 13. The first kappa shape index (κ1) is 34.6. The highest BCUT2D eigenvalue weighted by Crippen LogP contribution is 2.55. The van der Waals surface area contributed by atoms with Gasteiger partial charge in [-0.1, -0.05) is 38.8 Å². The summed E-state index contributed by atoms with van der Waals surface area (Å²) in [4.78, 5) is 50.9. The number of ether oxygens (including phenoxy) is 4. The maximum Gasteiger partial charge on any atom is 0.341 e. The highest BCUT2D eigenvalue weighted by molar-refractivity contribution is 5.84. The second kappa shape index (κ2) is 12.3. The topological polar surface area (TPSA) is 206 Å². The first-order chi connectivity index (χ1) is 19.8. The van der Waals surface area contributed by atoms with Gasteiger partial charge in [0.05, 0.1) is 5.60 Å². The van der Waals surface area contributed by atoms with Crippen LogP contribution in [0.2, 0.25) is 0 Å². The van der Waals surface area contributed by atoms with Gasteiger partial charge >= 0.3 is 23.9 Å². The smallest absolute Gasteiger partial charge is 0.341 e. The Morgan fingerprint density at radius 1 is 0.953 bits per heavy atom. The normalized spacial score (nSPS) is 43.8. The van der Waals surface area contributed by atoms with E-state index in [9.17, 15) is 44.7 Å². The standard InChI is InChI=1S/C30H44O13/c1-8-9-10-11-20(34)43-22-15(2)14-19-30(39,29(7,38)26(36)42-19)25(41-17(4)32)23-27(5,13-12-18(33)28(23,6)37)24(21(22)35)40-16(3)31/h12-14,18-19,21-25,33,35,37-39H,8-11H2,1-7H3/b15-14-/t18?,19?,21?,22?,23?,24?,25?,27-,28+,29+,30?/m0/s1. The number of hydrogen-bond donors (Lipinski definition) is 5. The van der Waals surface area contributed by atoms with Gasteiger partial charge in [0.25, 0.3) is 0 Å². The van der Waals surface area contributed by atoms with Crippen LogP contribution in [0.3, 0.4) is 0 Å². The molecule has 3 aliphatic rings. The number of aliphatic hydroxyl groups excluding tert-OH is 2. The molecule has 1 saturated heterocycles. The fourth-order valence-corrected chi connectivity index (χ4v) is 6.65. The lowest BCUT2D eigenvalue weighted by atomic mass is 9.53. The first-order valence-electron chi connectivity index (χ1n) is 14.4. The molecule has 5 N–H and O–H groups in total. The van der Waals surface area contributed by atoms with Crippen molar-refractivity contribution in [1.82, 2.24) is 0 Å². The number of esters is 4. The summed E-state index contributed by atoms with van der Waals surface area (Å²) in [7, 11) is 0. The molecule has 43 heavy (non-hydrogen) atoms. The van der Waals surface area contributed by atoms with Gasteiger partial charge < -0.3 is 44.5 Å². The minimum Gasteiger partial charge on any atom is -0.459 e.